The molecule has 5 aromatic rings. The molecule has 0 aliphatic heterocycles. The van der Waals surface area contributed by atoms with Crippen molar-refractivity contribution < 1.29 is 18.7 Å². The number of pyridine rings is 1. The lowest BCUT2D eigenvalue weighted by atomic mass is 9.98. The van der Waals surface area contributed by atoms with Crippen molar-refractivity contribution in [2.45, 2.75) is 38.1 Å². The third-order valence-corrected chi connectivity index (χ3v) is 9.33. The zero-order valence-corrected chi connectivity index (χ0v) is 27.6. The minimum absolute atomic E-state index is 0.210. The average Bonchev–Trinajstić information content (AvgIpc) is 3.58. The summed E-state index contributed by atoms with van der Waals surface area (Å²) >= 11 is 19.6. The van der Waals surface area contributed by atoms with E-state index >= 15 is 0 Å². The highest BCUT2D eigenvalue weighted by molar-refractivity contribution is 6.38. The van der Waals surface area contributed by atoms with Gasteiger partial charge < -0.3 is 14.8 Å². The van der Waals surface area contributed by atoms with Crippen LogP contribution in [-0.4, -0.2) is 29.7 Å². The third-order valence-electron chi connectivity index (χ3n) is 8.41. The summed E-state index contributed by atoms with van der Waals surface area (Å²) in [5, 5.41) is 4.89. The Bertz CT molecular complexity index is 1940. The van der Waals surface area contributed by atoms with Gasteiger partial charge in [-0.15, -0.1) is 0 Å². The highest BCUT2D eigenvalue weighted by Crippen LogP contribution is 2.39. The molecule has 0 saturated heterocycles. The first-order chi connectivity index (χ1) is 22.8. The largest absolute Gasteiger partial charge is 0.493 e. The van der Waals surface area contributed by atoms with Gasteiger partial charge in [-0.2, -0.15) is 0 Å². The number of carbonyl (C=O) groups is 1. The highest BCUT2D eigenvalue weighted by Gasteiger charge is 2.31. The smallest absolute Gasteiger partial charge is 0.328 e. The fraction of sp³-hybridized carbons (Fsp3) is 0.243. The van der Waals surface area contributed by atoms with Gasteiger partial charge in [-0.1, -0.05) is 71.9 Å². The maximum absolute atomic E-state index is 14.0. The van der Waals surface area contributed by atoms with Crippen molar-refractivity contribution in [1.82, 2.24) is 9.88 Å². The monoisotopic (exact) mass is 692 g/mol. The Hall–Kier alpha value is -3.88. The van der Waals surface area contributed by atoms with Crippen LogP contribution in [0.4, 0.5) is 4.39 Å². The van der Waals surface area contributed by atoms with Crippen LogP contribution in [0.3, 0.4) is 0 Å². The quantitative estimate of drug-likeness (QED) is 0.0849. The second-order valence-corrected chi connectivity index (χ2v) is 12.7. The summed E-state index contributed by atoms with van der Waals surface area (Å²) in [4.78, 5) is 26.5. The number of benzene rings is 4. The Labute approximate surface area is 287 Å². The van der Waals surface area contributed by atoms with E-state index in [-0.39, 0.29) is 22.5 Å². The van der Waals surface area contributed by atoms with Gasteiger partial charge in [-0.05, 0) is 91.9 Å². The fourth-order valence-corrected chi connectivity index (χ4v) is 7.02. The van der Waals surface area contributed by atoms with Gasteiger partial charge in [0, 0.05) is 23.1 Å². The number of rotatable bonds is 11. The molecule has 47 heavy (non-hydrogen) atoms. The first-order valence-corrected chi connectivity index (χ1v) is 16.7. The molecular weight excluding hydrogens is 662 g/mol. The van der Waals surface area contributed by atoms with Crippen LogP contribution >= 0.6 is 34.8 Å². The summed E-state index contributed by atoms with van der Waals surface area (Å²) in [7, 11) is 0. The number of carbonyl (C=O) groups excluding carboxylic acids is 1. The number of aromatic nitrogens is 1. The number of hydrogen-bond donors (Lipinski definition) is 1. The molecule has 1 N–H and O–H groups in total. The molecular formula is C37H32Cl3FN2O4. The molecule has 1 atom stereocenters. The van der Waals surface area contributed by atoms with Crippen molar-refractivity contribution in [1.29, 1.82) is 0 Å². The van der Waals surface area contributed by atoms with E-state index in [2.05, 4.69) is 5.32 Å². The van der Waals surface area contributed by atoms with Crippen LogP contribution in [0.2, 0.25) is 15.1 Å². The van der Waals surface area contributed by atoms with E-state index in [0.717, 1.165) is 25.7 Å². The van der Waals surface area contributed by atoms with E-state index in [0.29, 0.717) is 68.8 Å². The summed E-state index contributed by atoms with van der Waals surface area (Å²) in [5.41, 5.74) is 1.69. The van der Waals surface area contributed by atoms with Gasteiger partial charge in [0.25, 0.3) is 5.56 Å². The van der Waals surface area contributed by atoms with E-state index in [4.69, 9.17) is 44.3 Å². The van der Waals surface area contributed by atoms with E-state index in [9.17, 15) is 14.0 Å². The van der Waals surface area contributed by atoms with Gasteiger partial charge in [0.15, 0.2) is 0 Å². The Morgan fingerprint density at radius 3 is 2.32 bits per heavy atom. The van der Waals surface area contributed by atoms with Gasteiger partial charge >= 0.3 is 5.97 Å². The summed E-state index contributed by atoms with van der Waals surface area (Å²) in [5.74, 6) is 0.452. The summed E-state index contributed by atoms with van der Waals surface area (Å²) in [6.07, 6.45) is 4.72. The Morgan fingerprint density at radius 1 is 0.851 bits per heavy atom. The number of para-hydroxylation sites is 2. The molecule has 6 nitrogen and oxygen atoms in total. The van der Waals surface area contributed by atoms with Crippen LogP contribution < -0.4 is 20.3 Å². The standard InChI is InChI=1S/C37H32Cl3FN2O4/c38-30-12-6-13-31(39)36(30)43-33-22-26(21-29(28(33)16-17-34(43)44)27-15-14-24(41)20-32(27)40)46-19-7-18-42-35(23-8-4-5-9-23)37(45)47-25-10-2-1-3-11-25/h1-3,6,10-17,20-23,35,42H,4-5,7-9,18-19H2. The van der Waals surface area contributed by atoms with Gasteiger partial charge in [-0.3, -0.25) is 9.36 Å². The van der Waals surface area contributed by atoms with Crippen molar-refractivity contribution in [3.05, 3.63) is 122 Å². The maximum atomic E-state index is 14.0. The molecule has 1 heterocycles. The van der Waals surface area contributed by atoms with Crippen LogP contribution in [0.1, 0.15) is 32.1 Å². The summed E-state index contributed by atoms with van der Waals surface area (Å²) in [6.45, 7) is 0.833. The molecule has 242 valence electrons. The Morgan fingerprint density at radius 2 is 1.60 bits per heavy atom. The van der Waals surface area contributed by atoms with Crippen LogP contribution in [0.15, 0.2) is 95.8 Å². The predicted molar refractivity (Wildman–Crippen MR) is 186 cm³/mol. The van der Waals surface area contributed by atoms with Crippen molar-refractivity contribution >= 4 is 51.7 Å². The summed E-state index contributed by atoms with van der Waals surface area (Å²) < 4.78 is 27.4. The van der Waals surface area contributed by atoms with Crippen LogP contribution in [0, 0.1) is 11.7 Å². The van der Waals surface area contributed by atoms with Gasteiger partial charge in [-0.25, -0.2) is 9.18 Å². The zero-order valence-electron chi connectivity index (χ0n) is 25.4. The molecule has 0 radical (unpaired) electrons. The molecule has 1 aromatic heterocycles. The topological polar surface area (TPSA) is 69.6 Å². The predicted octanol–water partition coefficient (Wildman–Crippen LogP) is 9.28. The number of nitrogens with one attached hydrogen (secondary N) is 1. The normalized spacial score (nSPS) is 14.0. The molecule has 1 aliphatic rings. The van der Waals surface area contributed by atoms with Gasteiger partial charge in [0.1, 0.15) is 23.4 Å². The second-order valence-electron chi connectivity index (χ2n) is 11.5. The number of esters is 1. The molecule has 1 aliphatic carbocycles. The van der Waals surface area contributed by atoms with E-state index < -0.39 is 11.9 Å². The lowest BCUT2D eigenvalue weighted by molar-refractivity contribution is -0.138. The molecule has 1 saturated carbocycles. The molecule has 1 fully saturated rings. The van der Waals surface area contributed by atoms with Crippen molar-refractivity contribution in [2.24, 2.45) is 5.92 Å². The molecule has 10 heteroatoms. The van der Waals surface area contributed by atoms with E-state index in [1.54, 1.807) is 48.5 Å². The second kappa shape index (κ2) is 14.9. The zero-order chi connectivity index (χ0) is 32.9. The van der Waals surface area contributed by atoms with E-state index in [1.807, 2.05) is 24.3 Å². The highest BCUT2D eigenvalue weighted by atomic mass is 35.5. The van der Waals surface area contributed by atoms with E-state index in [1.165, 1.54) is 22.8 Å². The number of nitrogens with zero attached hydrogens (tertiary/aromatic N) is 1. The Balaban J connectivity index is 1.26. The van der Waals surface area contributed by atoms with Gasteiger partial charge in [0.2, 0.25) is 0 Å². The maximum Gasteiger partial charge on any atom is 0.328 e. The molecule has 6 rings (SSSR count). The first-order valence-electron chi connectivity index (χ1n) is 15.5. The van der Waals surface area contributed by atoms with Crippen LogP contribution in [0.25, 0.3) is 27.7 Å². The number of ether oxygens (including phenoxy) is 2. The molecule has 1 unspecified atom stereocenters. The molecule has 0 amide bonds. The van der Waals surface area contributed by atoms with Crippen molar-refractivity contribution in [2.75, 3.05) is 13.2 Å². The molecule has 0 bridgehead atoms. The van der Waals surface area contributed by atoms with Crippen LogP contribution in [0.5, 0.6) is 11.5 Å². The van der Waals surface area contributed by atoms with Crippen LogP contribution in [-0.2, 0) is 4.79 Å². The average molecular weight is 694 g/mol. The molecule has 0 spiro atoms. The summed E-state index contributed by atoms with van der Waals surface area (Å²) in [6, 6.07) is 24.6. The SMILES string of the molecule is O=C(Oc1ccccc1)C(NCCCOc1cc(-c2ccc(F)cc2Cl)c2ccc(=O)n(-c3c(Cl)cccc3Cl)c2c1)C1CCCC1. The number of halogens is 4. The third kappa shape index (κ3) is 7.49. The van der Waals surface area contributed by atoms with Crippen molar-refractivity contribution in [3.63, 3.8) is 0 Å². The first kappa shape index (κ1) is 33.0. The Kier molecular flexibility index (Phi) is 10.5. The van der Waals surface area contributed by atoms with Crippen molar-refractivity contribution in [3.8, 4) is 28.3 Å². The lowest BCUT2D eigenvalue weighted by Crippen LogP contribution is -2.45. The van der Waals surface area contributed by atoms with Gasteiger partial charge in [0.05, 0.1) is 32.9 Å². The molecule has 4 aromatic carbocycles. The number of fused-ring (bicyclic) bond motifs is 1. The fourth-order valence-electron chi connectivity index (χ4n) is 6.19. The number of hydrogen-bond acceptors (Lipinski definition) is 5. The lowest BCUT2D eigenvalue weighted by Gasteiger charge is -2.23. The minimum Gasteiger partial charge on any atom is -0.493 e. The minimum atomic E-state index is -0.466.